The van der Waals surface area contributed by atoms with Gasteiger partial charge in [0.1, 0.15) is 24.1 Å². The van der Waals surface area contributed by atoms with Gasteiger partial charge < -0.3 is 25.8 Å². The molecule has 1 atom stereocenters. The maximum atomic E-state index is 15.7. The number of nitrogens with one attached hydrogen (secondary N) is 2. The number of carbonyl (C=O) groups excluding carboxylic acids is 2. The lowest BCUT2D eigenvalue weighted by atomic mass is 10.0. The third kappa shape index (κ3) is 8.61. The van der Waals surface area contributed by atoms with E-state index < -0.39 is 41.7 Å². The van der Waals surface area contributed by atoms with Crippen LogP contribution in [0.25, 0.3) is 27.8 Å². The summed E-state index contributed by atoms with van der Waals surface area (Å²) in [5.41, 5.74) is 7.91. The number of aromatic nitrogens is 6. The Morgan fingerprint density at radius 2 is 1.82 bits per heavy atom. The Bertz CT molecular complexity index is 2460. The van der Waals surface area contributed by atoms with E-state index in [1.165, 1.54) is 10.6 Å². The fraction of sp³-hybridized carbons (Fsp3) is 0.275. The van der Waals surface area contributed by atoms with Gasteiger partial charge >= 0.3 is 12.1 Å². The number of nitrogen functional groups attached to an aromatic ring is 1. The summed E-state index contributed by atoms with van der Waals surface area (Å²) in [6.45, 7) is 4.74. The molecule has 0 spiro atoms. The number of pyridine rings is 1. The van der Waals surface area contributed by atoms with Crippen molar-refractivity contribution in [2.75, 3.05) is 11.1 Å². The number of halogens is 1. The molecule has 1 saturated carbocycles. The normalized spacial score (nSPS) is 13.3. The number of nitrogens with zero attached hydrogens (tertiary/aromatic N) is 6. The van der Waals surface area contributed by atoms with Gasteiger partial charge in [-0.2, -0.15) is 20.1 Å². The van der Waals surface area contributed by atoms with Crippen LogP contribution in [0.15, 0.2) is 90.1 Å². The highest BCUT2D eigenvalue weighted by molar-refractivity contribution is 5.84. The average Bonchev–Trinajstić information content (AvgIpc) is 3.90. The number of hydrogen-bond acceptors (Lipinski definition) is 11. The summed E-state index contributed by atoms with van der Waals surface area (Å²) >= 11 is 0. The second-order valence-corrected chi connectivity index (χ2v) is 14.4. The van der Waals surface area contributed by atoms with E-state index in [-0.39, 0.29) is 35.2 Å². The summed E-state index contributed by atoms with van der Waals surface area (Å²) in [4.78, 5) is 54.1. The minimum Gasteiger partial charge on any atom is -0.459 e. The first-order valence-electron chi connectivity index (χ1n) is 17.8. The van der Waals surface area contributed by atoms with Gasteiger partial charge in [-0.15, -0.1) is 0 Å². The van der Waals surface area contributed by atoms with Crippen molar-refractivity contribution in [3.05, 3.63) is 118 Å². The van der Waals surface area contributed by atoms with Gasteiger partial charge in [-0.25, -0.2) is 14.0 Å². The topological polar surface area (TPSA) is 181 Å². The molecular weight excluding hydrogens is 705 g/mol. The maximum absolute atomic E-state index is 15.7. The van der Waals surface area contributed by atoms with Crippen molar-refractivity contribution in [3.8, 4) is 17.1 Å². The molecule has 4 N–H and O–H groups in total. The minimum atomic E-state index is -1.14. The van der Waals surface area contributed by atoms with E-state index in [0.29, 0.717) is 28.1 Å². The minimum absolute atomic E-state index is 0.0721. The lowest BCUT2D eigenvalue weighted by Crippen LogP contribution is -2.45. The van der Waals surface area contributed by atoms with Crippen LogP contribution in [-0.4, -0.2) is 53.0 Å². The number of rotatable bonds is 11. The fourth-order valence-electron chi connectivity index (χ4n) is 6.27. The maximum Gasteiger partial charge on any atom is 0.408 e. The highest BCUT2D eigenvalue weighted by Gasteiger charge is 2.28. The number of fused-ring (bicyclic) bond motifs is 1. The molecule has 0 saturated heterocycles. The molecule has 3 aromatic heterocycles. The van der Waals surface area contributed by atoms with E-state index in [1.807, 2.05) is 36.4 Å². The molecule has 0 radical (unpaired) electrons. The van der Waals surface area contributed by atoms with Gasteiger partial charge in [0.05, 0.1) is 23.0 Å². The van der Waals surface area contributed by atoms with E-state index >= 15 is 4.39 Å². The zero-order valence-corrected chi connectivity index (χ0v) is 30.7. The first-order valence-corrected chi connectivity index (χ1v) is 17.8. The third-order valence-corrected chi connectivity index (χ3v) is 8.91. The summed E-state index contributed by atoms with van der Waals surface area (Å²) < 4.78 is 30.0. The first kappa shape index (κ1) is 36.7. The van der Waals surface area contributed by atoms with Crippen molar-refractivity contribution in [1.82, 2.24) is 34.6 Å². The van der Waals surface area contributed by atoms with Crippen LogP contribution >= 0.6 is 0 Å². The zero-order chi connectivity index (χ0) is 38.9. The second-order valence-electron chi connectivity index (χ2n) is 14.4. The molecule has 0 aliphatic heterocycles. The predicted molar refractivity (Wildman–Crippen MR) is 204 cm³/mol. The number of amides is 1. The Morgan fingerprint density at radius 3 is 2.53 bits per heavy atom. The number of ether oxygens (including phenoxy) is 2. The number of benzene rings is 3. The smallest absolute Gasteiger partial charge is 0.408 e. The van der Waals surface area contributed by atoms with Crippen LogP contribution in [0.4, 0.5) is 26.8 Å². The molecule has 1 fully saturated rings. The summed E-state index contributed by atoms with van der Waals surface area (Å²) in [7, 11) is 1.76. The Hall–Kier alpha value is -6.64. The molecule has 1 aliphatic carbocycles. The molecule has 14 nitrogen and oxygen atoms in total. The van der Waals surface area contributed by atoms with Crippen LogP contribution in [0.5, 0.6) is 0 Å². The molecule has 3 aromatic carbocycles. The highest BCUT2D eigenvalue weighted by atomic mass is 19.1. The second kappa shape index (κ2) is 15.0. The van der Waals surface area contributed by atoms with Gasteiger partial charge in [0, 0.05) is 37.0 Å². The number of alkyl carbamates (subject to hydrolysis) is 1. The van der Waals surface area contributed by atoms with E-state index in [1.54, 1.807) is 75.4 Å². The SMILES string of the molecule is Cn1cc(Nc2nc(N)nc(-c3cccc(-n4ccc5cc(C6CC6)cc(F)c5c4=O)c3COC(=O)C(Cc3ccccc3)NC(=O)OC(C)(C)C)n2)cn1. The quantitative estimate of drug-likeness (QED) is 0.130. The Morgan fingerprint density at radius 1 is 1.04 bits per heavy atom. The Kier molecular flexibility index (Phi) is 10.0. The molecule has 55 heavy (non-hydrogen) atoms. The summed E-state index contributed by atoms with van der Waals surface area (Å²) in [6.07, 6.45) is 6.14. The molecule has 0 bridgehead atoms. The summed E-state index contributed by atoms with van der Waals surface area (Å²) in [5.74, 6) is -0.977. The lowest BCUT2D eigenvalue weighted by molar-refractivity contribution is -0.147. The number of hydrogen-bond donors (Lipinski definition) is 3. The van der Waals surface area contributed by atoms with E-state index in [4.69, 9.17) is 15.2 Å². The lowest BCUT2D eigenvalue weighted by Gasteiger charge is -2.23. The highest BCUT2D eigenvalue weighted by Crippen LogP contribution is 2.41. The van der Waals surface area contributed by atoms with Crippen molar-refractivity contribution in [2.45, 2.75) is 64.2 Å². The van der Waals surface area contributed by atoms with Crippen LogP contribution in [0, 0.1) is 5.82 Å². The number of anilines is 3. The van der Waals surface area contributed by atoms with Crippen LogP contribution in [0.1, 0.15) is 56.2 Å². The molecule has 1 aliphatic rings. The van der Waals surface area contributed by atoms with Crippen molar-refractivity contribution in [2.24, 2.45) is 7.05 Å². The van der Waals surface area contributed by atoms with E-state index in [2.05, 4.69) is 30.7 Å². The molecule has 6 aromatic rings. The molecule has 15 heteroatoms. The monoisotopic (exact) mass is 745 g/mol. The van der Waals surface area contributed by atoms with Gasteiger partial charge in [-0.05, 0) is 74.2 Å². The molecule has 1 amide bonds. The van der Waals surface area contributed by atoms with Crippen LogP contribution in [0.3, 0.4) is 0 Å². The largest absolute Gasteiger partial charge is 0.459 e. The number of carbonyl (C=O) groups is 2. The van der Waals surface area contributed by atoms with Gasteiger partial charge in [0.15, 0.2) is 5.82 Å². The van der Waals surface area contributed by atoms with Crippen LogP contribution in [-0.2, 0) is 34.3 Å². The Balaban J connectivity index is 1.29. The van der Waals surface area contributed by atoms with E-state index in [0.717, 1.165) is 24.0 Å². The van der Waals surface area contributed by atoms with Gasteiger partial charge in [-0.3, -0.25) is 14.0 Å². The van der Waals surface area contributed by atoms with Crippen molar-refractivity contribution in [3.63, 3.8) is 0 Å². The number of nitrogens with two attached hydrogens (primary N) is 1. The summed E-state index contributed by atoms with van der Waals surface area (Å²) in [5, 5.41) is 10.3. The zero-order valence-electron chi connectivity index (χ0n) is 30.7. The van der Waals surface area contributed by atoms with Gasteiger partial charge in [-0.1, -0.05) is 48.5 Å². The number of aryl methyl sites for hydroxylation is 1. The molecule has 3 heterocycles. The number of esters is 1. The van der Waals surface area contributed by atoms with Gasteiger partial charge in [0.2, 0.25) is 11.9 Å². The summed E-state index contributed by atoms with van der Waals surface area (Å²) in [6, 6.07) is 18.0. The van der Waals surface area contributed by atoms with Crippen LogP contribution < -0.4 is 21.9 Å². The molecule has 1 unspecified atom stereocenters. The van der Waals surface area contributed by atoms with Crippen molar-refractivity contribution >= 4 is 40.4 Å². The Labute approximate surface area is 315 Å². The third-order valence-electron chi connectivity index (χ3n) is 8.91. The van der Waals surface area contributed by atoms with Crippen LogP contribution in [0.2, 0.25) is 0 Å². The fourth-order valence-corrected chi connectivity index (χ4v) is 6.27. The van der Waals surface area contributed by atoms with Gasteiger partial charge in [0.25, 0.3) is 5.56 Å². The first-order chi connectivity index (χ1) is 26.3. The van der Waals surface area contributed by atoms with E-state index in [9.17, 15) is 14.4 Å². The predicted octanol–water partition coefficient (Wildman–Crippen LogP) is 6.10. The average molecular weight is 746 g/mol. The molecular formula is C40H40FN9O5. The standard InChI is InChI=1S/C40H40FN9O5/c1-40(2,3)55-39(53)45-31(17-23-9-6-5-7-10-23)36(52)54-22-29-28(34-46-37(42)48-38(47-34)44-27-20-43-49(4)21-27)11-8-12-32(29)50-16-15-25-18-26(24-13-14-24)19-30(41)33(25)35(50)51/h5-12,15-16,18-21,24,31H,13-14,17,22H2,1-4H3,(H,45,53)(H3,42,44,46,47,48). The van der Waals surface area contributed by atoms with Crippen molar-refractivity contribution < 1.29 is 23.5 Å². The molecule has 282 valence electrons. The van der Waals surface area contributed by atoms with Crippen molar-refractivity contribution in [1.29, 1.82) is 0 Å². The molecule has 7 rings (SSSR count).